The van der Waals surface area contributed by atoms with Crippen molar-refractivity contribution >= 4 is 21.8 Å². The van der Waals surface area contributed by atoms with Crippen molar-refractivity contribution in [3.05, 3.63) is 82.3 Å². The van der Waals surface area contributed by atoms with Gasteiger partial charge in [-0.05, 0) is 33.6 Å². The molecule has 0 aliphatic carbocycles. The third kappa shape index (κ3) is 3.47. The Kier molecular flexibility index (Phi) is 5.29. The van der Waals surface area contributed by atoms with Crippen molar-refractivity contribution < 1.29 is 9.53 Å². The van der Waals surface area contributed by atoms with Gasteiger partial charge in [-0.25, -0.2) is 4.98 Å². The van der Waals surface area contributed by atoms with Crippen LogP contribution in [0.5, 0.6) is 0 Å². The van der Waals surface area contributed by atoms with Gasteiger partial charge in [0, 0.05) is 11.5 Å². The molecule has 28 heavy (non-hydrogen) atoms. The van der Waals surface area contributed by atoms with Crippen LogP contribution in [0, 0.1) is 11.8 Å². The predicted molar refractivity (Wildman–Crippen MR) is 110 cm³/mol. The van der Waals surface area contributed by atoms with Crippen molar-refractivity contribution in [2.24, 2.45) is 0 Å². The number of carbonyl (C=O) groups is 1. The number of ether oxygens (including phenoxy) is 1. The molecule has 0 fully saturated rings. The van der Waals surface area contributed by atoms with E-state index in [0.29, 0.717) is 12.2 Å². The molecule has 0 radical (unpaired) electrons. The van der Waals surface area contributed by atoms with Gasteiger partial charge in [-0.3, -0.25) is 9.36 Å². The van der Waals surface area contributed by atoms with Crippen LogP contribution in [0.25, 0.3) is 5.69 Å². The largest absolute Gasteiger partial charge is 0.364 e. The summed E-state index contributed by atoms with van der Waals surface area (Å²) in [6, 6.07) is 15.2. The van der Waals surface area contributed by atoms with Crippen LogP contribution in [0.1, 0.15) is 27.7 Å². The molecule has 6 heteroatoms. The van der Waals surface area contributed by atoms with Gasteiger partial charge in [0.05, 0.1) is 36.1 Å². The minimum Gasteiger partial charge on any atom is -0.364 e. The lowest BCUT2D eigenvalue weighted by molar-refractivity contribution is 0.0766. The molecule has 0 saturated heterocycles. The lowest BCUT2D eigenvalue weighted by Gasteiger charge is -2.21. The molecular weight excluding hydrogens is 418 g/mol. The first kappa shape index (κ1) is 18.5. The molecule has 1 unspecified atom stereocenters. The molecule has 1 aliphatic rings. The van der Waals surface area contributed by atoms with E-state index < -0.39 is 6.04 Å². The lowest BCUT2D eigenvalue weighted by Crippen LogP contribution is -2.29. The fraction of sp³-hybridized carbons (Fsp3) is 0.182. The molecule has 140 valence electrons. The van der Waals surface area contributed by atoms with E-state index >= 15 is 0 Å². The second kappa shape index (κ2) is 8.01. The molecule has 4 rings (SSSR count). The lowest BCUT2D eigenvalue weighted by atomic mass is 10.1. The maximum atomic E-state index is 13.1. The highest BCUT2D eigenvalue weighted by atomic mass is 79.9. The summed E-state index contributed by atoms with van der Waals surface area (Å²) in [5, 5.41) is 0. The number of halogens is 1. The third-order valence-corrected chi connectivity index (χ3v) is 5.31. The highest BCUT2D eigenvalue weighted by Gasteiger charge is 2.31. The normalized spacial score (nSPS) is 15.3. The minimum absolute atomic E-state index is 0.0873. The molecule has 0 bridgehead atoms. The van der Waals surface area contributed by atoms with Crippen molar-refractivity contribution in [1.29, 1.82) is 0 Å². The fourth-order valence-corrected chi connectivity index (χ4v) is 3.75. The van der Waals surface area contributed by atoms with Crippen LogP contribution in [0.4, 0.5) is 0 Å². The van der Waals surface area contributed by atoms with Gasteiger partial charge < -0.3 is 9.64 Å². The van der Waals surface area contributed by atoms with Gasteiger partial charge >= 0.3 is 0 Å². The van der Waals surface area contributed by atoms with E-state index in [1.54, 1.807) is 24.5 Å². The maximum absolute atomic E-state index is 13.1. The van der Waals surface area contributed by atoms with Crippen LogP contribution in [-0.4, -0.2) is 34.0 Å². The summed E-state index contributed by atoms with van der Waals surface area (Å²) in [5.74, 6) is 6.15. The molecular formula is C22H18BrN3O2. The van der Waals surface area contributed by atoms with Gasteiger partial charge in [0.2, 0.25) is 0 Å². The number of aromatic nitrogens is 2. The molecule has 0 spiro atoms. The monoisotopic (exact) mass is 435 g/mol. The minimum atomic E-state index is -0.408. The van der Waals surface area contributed by atoms with Crippen molar-refractivity contribution in [2.45, 2.75) is 12.6 Å². The zero-order chi connectivity index (χ0) is 19.5. The van der Waals surface area contributed by atoms with E-state index in [4.69, 9.17) is 4.74 Å². The first-order valence-electron chi connectivity index (χ1n) is 8.85. The average molecular weight is 436 g/mol. The number of carbonyl (C=O) groups excluding carboxylic acids is 1. The summed E-state index contributed by atoms with van der Waals surface area (Å²) in [7, 11) is 1.76. The molecule has 1 aliphatic heterocycles. The van der Waals surface area contributed by atoms with Gasteiger partial charge in [-0.15, -0.1) is 0 Å². The highest BCUT2D eigenvalue weighted by molar-refractivity contribution is 9.10. The number of benzene rings is 2. The van der Waals surface area contributed by atoms with Crippen LogP contribution in [0.3, 0.4) is 0 Å². The number of hydrogen-bond donors (Lipinski definition) is 0. The van der Waals surface area contributed by atoms with Crippen LogP contribution in [0.2, 0.25) is 0 Å². The standard InChI is InChI=1S/C22H18BrN3O2/c1-25-18(11-6-12-28-14-16-7-3-2-4-8-16)20-13-24-15-26(20)19-10-5-9-17(23)21(19)22(25)27/h2-5,7-10,13,15,18H,12,14H2,1H3. The van der Waals surface area contributed by atoms with Crippen LogP contribution in [-0.2, 0) is 11.3 Å². The number of hydrogen-bond acceptors (Lipinski definition) is 3. The molecule has 1 amide bonds. The number of amides is 1. The Morgan fingerprint density at radius 2 is 2.00 bits per heavy atom. The SMILES string of the molecule is CN1C(=O)c2c(Br)cccc2-n2cncc2C1C#CCOCc1ccccc1. The Hall–Kier alpha value is -2.88. The highest BCUT2D eigenvalue weighted by Crippen LogP contribution is 2.33. The Morgan fingerprint density at radius 3 is 2.82 bits per heavy atom. The van der Waals surface area contributed by atoms with Crippen LogP contribution in [0.15, 0.2) is 65.5 Å². The van der Waals surface area contributed by atoms with E-state index in [-0.39, 0.29) is 12.5 Å². The zero-order valence-electron chi connectivity index (χ0n) is 15.3. The number of fused-ring (bicyclic) bond motifs is 3. The Labute approximate surface area is 172 Å². The molecule has 0 N–H and O–H groups in total. The van der Waals surface area contributed by atoms with Crippen molar-refractivity contribution in [3.8, 4) is 17.5 Å². The second-order valence-corrected chi connectivity index (χ2v) is 7.29. The molecule has 3 aromatic rings. The summed E-state index contributed by atoms with van der Waals surface area (Å²) in [4.78, 5) is 19.0. The molecule has 1 aromatic heterocycles. The van der Waals surface area contributed by atoms with E-state index in [1.165, 1.54) is 0 Å². The van der Waals surface area contributed by atoms with E-state index in [9.17, 15) is 4.79 Å². The Morgan fingerprint density at radius 1 is 1.18 bits per heavy atom. The molecule has 2 aromatic carbocycles. The molecule has 1 atom stereocenters. The molecule has 2 heterocycles. The molecule has 5 nitrogen and oxygen atoms in total. The van der Waals surface area contributed by atoms with E-state index in [1.807, 2.05) is 53.1 Å². The number of rotatable bonds is 3. The predicted octanol–water partition coefficient (Wildman–Crippen LogP) is 3.98. The number of imidazole rings is 1. The van der Waals surface area contributed by atoms with Crippen LogP contribution < -0.4 is 0 Å². The van der Waals surface area contributed by atoms with Gasteiger partial charge in [-0.1, -0.05) is 48.2 Å². The second-order valence-electron chi connectivity index (χ2n) is 6.44. The first-order chi connectivity index (χ1) is 13.7. The van der Waals surface area contributed by atoms with Crippen molar-refractivity contribution in [2.75, 3.05) is 13.7 Å². The number of nitrogens with zero attached hydrogens (tertiary/aromatic N) is 3. The summed E-state index contributed by atoms with van der Waals surface area (Å²) in [6.07, 6.45) is 3.47. The fourth-order valence-electron chi connectivity index (χ4n) is 3.23. The van der Waals surface area contributed by atoms with E-state index in [2.05, 4.69) is 32.8 Å². The van der Waals surface area contributed by atoms with Crippen molar-refractivity contribution in [1.82, 2.24) is 14.5 Å². The molecule has 0 saturated carbocycles. The smallest absolute Gasteiger partial charge is 0.258 e. The first-order valence-corrected chi connectivity index (χ1v) is 9.64. The zero-order valence-corrected chi connectivity index (χ0v) is 16.9. The topological polar surface area (TPSA) is 47.4 Å². The maximum Gasteiger partial charge on any atom is 0.258 e. The Balaban J connectivity index is 1.58. The van der Waals surface area contributed by atoms with Gasteiger partial charge in [-0.2, -0.15) is 0 Å². The van der Waals surface area contributed by atoms with Crippen LogP contribution >= 0.6 is 15.9 Å². The van der Waals surface area contributed by atoms with Gasteiger partial charge in [0.15, 0.2) is 0 Å². The summed E-state index contributed by atoms with van der Waals surface area (Å²) in [5.41, 5.74) is 3.35. The van der Waals surface area contributed by atoms with Crippen molar-refractivity contribution in [3.63, 3.8) is 0 Å². The summed E-state index contributed by atoms with van der Waals surface area (Å²) >= 11 is 3.50. The average Bonchev–Trinajstić information content (AvgIpc) is 3.17. The summed E-state index contributed by atoms with van der Waals surface area (Å²) < 4.78 is 8.32. The van der Waals surface area contributed by atoms with Gasteiger partial charge in [0.25, 0.3) is 5.91 Å². The summed E-state index contributed by atoms with van der Waals surface area (Å²) in [6.45, 7) is 0.795. The Bertz CT molecular complexity index is 1070. The van der Waals surface area contributed by atoms with E-state index in [0.717, 1.165) is 21.4 Å². The quantitative estimate of drug-likeness (QED) is 0.461. The third-order valence-electron chi connectivity index (χ3n) is 4.64. The van der Waals surface area contributed by atoms with Gasteiger partial charge in [0.1, 0.15) is 12.6 Å².